The van der Waals surface area contributed by atoms with Crippen LogP contribution in [0.3, 0.4) is 0 Å². The molecule has 0 atom stereocenters. The summed E-state index contributed by atoms with van der Waals surface area (Å²) >= 11 is 2.17. The molecule has 0 bridgehead atoms. The Morgan fingerprint density at radius 3 is 2.30 bits per heavy atom. The molecule has 102 valence electrons. The van der Waals surface area contributed by atoms with Crippen LogP contribution in [0.1, 0.15) is 26.3 Å². The fourth-order valence-corrected chi connectivity index (χ4v) is 2.15. The second kappa shape index (κ2) is 6.04. The lowest BCUT2D eigenvalue weighted by atomic mass is 10.1. The van der Waals surface area contributed by atoms with Gasteiger partial charge in [-0.1, -0.05) is 0 Å². The molecule has 2 rings (SSSR count). The Morgan fingerprint density at radius 1 is 1.10 bits per heavy atom. The standard InChI is InChI=1S/C15H12INO3/c1-9-8-12(6-7-13(9)15(19)20)17-14(18)10-2-4-11(16)5-3-10/h2-8H,1H3,(H,17,18)(H,19,20). The molecule has 2 N–H and O–H groups in total. The highest BCUT2D eigenvalue weighted by atomic mass is 127. The maximum atomic E-state index is 12.0. The van der Waals surface area contributed by atoms with Gasteiger partial charge in [-0.05, 0) is 77.5 Å². The molecule has 0 spiro atoms. The molecule has 0 heterocycles. The molecule has 1 amide bonds. The van der Waals surface area contributed by atoms with E-state index in [1.165, 1.54) is 6.07 Å². The number of aromatic carboxylic acids is 1. The monoisotopic (exact) mass is 381 g/mol. The largest absolute Gasteiger partial charge is 0.478 e. The van der Waals surface area contributed by atoms with Gasteiger partial charge in [0.2, 0.25) is 0 Å². The van der Waals surface area contributed by atoms with Crippen molar-refractivity contribution in [2.45, 2.75) is 6.92 Å². The maximum absolute atomic E-state index is 12.0. The van der Waals surface area contributed by atoms with E-state index in [1.54, 1.807) is 31.2 Å². The van der Waals surface area contributed by atoms with Crippen molar-refractivity contribution in [1.82, 2.24) is 0 Å². The van der Waals surface area contributed by atoms with Gasteiger partial charge in [-0.15, -0.1) is 0 Å². The summed E-state index contributed by atoms with van der Waals surface area (Å²) in [6, 6.07) is 11.9. The Bertz CT molecular complexity index is 665. The molecule has 0 radical (unpaired) electrons. The van der Waals surface area contributed by atoms with Crippen LogP contribution in [0, 0.1) is 10.5 Å². The number of anilines is 1. The predicted octanol–water partition coefficient (Wildman–Crippen LogP) is 3.55. The van der Waals surface area contributed by atoms with Gasteiger partial charge in [0.15, 0.2) is 0 Å². The van der Waals surface area contributed by atoms with Crippen LogP contribution in [-0.4, -0.2) is 17.0 Å². The summed E-state index contributed by atoms with van der Waals surface area (Å²) in [4.78, 5) is 22.9. The van der Waals surface area contributed by atoms with Crippen LogP contribution in [0.25, 0.3) is 0 Å². The van der Waals surface area contributed by atoms with Crippen molar-refractivity contribution in [3.05, 3.63) is 62.7 Å². The summed E-state index contributed by atoms with van der Waals surface area (Å²) in [5.41, 5.74) is 1.98. The van der Waals surface area contributed by atoms with Crippen LogP contribution in [0.5, 0.6) is 0 Å². The van der Waals surface area contributed by atoms with Crippen LogP contribution in [0.4, 0.5) is 5.69 Å². The van der Waals surface area contributed by atoms with E-state index < -0.39 is 5.97 Å². The number of benzene rings is 2. The molecule has 0 aliphatic heterocycles. The number of hydrogen-bond acceptors (Lipinski definition) is 2. The smallest absolute Gasteiger partial charge is 0.335 e. The highest BCUT2D eigenvalue weighted by molar-refractivity contribution is 14.1. The highest BCUT2D eigenvalue weighted by Gasteiger charge is 2.09. The first kappa shape index (κ1) is 14.5. The number of hydrogen-bond donors (Lipinski definition) is 2. The summed E-state index contributed by atoms with van der Waals surface area (Å²) < 4.78 is 1.06. The Kier molecular flexibility index (Phi) is 4.39. The number of halogens is 1. The molecule has 0 aliphatic carbocycles. The number of aryl methyl sites for hydroxylation is 1. The van der Waals surface area contributed by atoms with Gasteiger partial charge in [0, 0.05) is 14.8 Å². The molecular weight excluding hydrogens is 369 g/mol. The molecule has 0 saturated heterocycles. The number of rotatable bonds is 3. The molecule has 4 nitrogen and oxygen atoms in total. The average molecular weight is 381 g/mol. The van der Waals surface area contributed by atoms with E-state index >= 15 is 0 Å². The van der Waals surface area contributed by atoms with Crippen molar-refractivity contribution in [3.63, 3.8) is 0 Å². The third kappa shape index (κ3) is 3.36. The van der Waals surface area contributed by atoms with E-state index in [0.29, 0.717) is 16.8 Å². The molecule has 0 aliphatic rings. The SMILES string of the molecule is Cc1cc(NC(=O)c2ccc(I)cc2)ccc1C(=O)O. The number of carbonyl (C=O) groups is 2. The van der Waals surface area contributed by atoms with Crippen LogP contribution in [-0.2, 0) is 0 Å². The lowest BCUT2D eigenvalue weighted by Gasteiger charge is -2.08. The second-order valence-electron chi connectivity index (χ2n) is 4.30. The first-order valence-electron chi connectivity index (χ1n) is 5.88. The maximum Gasteiger partial charge on any atom is 0.335 e. The van der Waals surface area contributed by atoms with E-state index in [1.807, 2.05) is 12.1 Å². The number of nitrogens with one attached hydrogen (secondary N) is 1. The van der Waals surface area contributed by atoms with Crippen molar-refractivity contribution in [1.29, 1.82) is 0 Å². The zero-order valence-electron chi connectivity index (χ0n) is 10.7. The van der Waals surface area contributed by atoms with E-state index in [-0.39, 0.29) is 11.5 Å². The van der Waals surface area contributed by atoms with Crippen molar-refractivity contribution in [3.8, 4) is 0 Å². The van der Waals surface area contributed by atoms with E-state index in [4.69, 9.17) is 5.11 Å². The second-order valence-corrected chi connectivity index (χ2v) is 5.54. The van der Waals surface area contributed by atoms with Gasteiger partial charge in [0.05, 0.1) is 5.56 Å². The quantitative estimate of drug-likeness (QED) is 0.800. The minimum Gasteiger partial charge on any atom is -0.478 e. The van der Waals surface area contributed by atoms with E-state index in [0.717, 1.165) is 3.57 Å². The van der Waals surface area contributed by atoms with Gasteiger partial charge in [0.25, 0.3) is 5.91 Å². The van der Waals surface area contributed by atoms with Crippen molar-refractivity contribution >= 4 is 40.2 Å². The van der Waals surface area contributed by atoms with Crippen molar-refractivity contribution < 1.29 is 14.7 Å². The van der Waals surface area contributed by atoms with E-state index in [9.17, 15) is 9.59 Å². The zero-order valence-corrected chi connectivity index (χ0v) is 12.8. The molecular formula is C15H12INO3. The summed E-state index contributed by atoms with van der Waals surface area (Å²) in [7, 11) is 0. The fraction of sp³-hybridized carbons (Fsp3) is 0.0667. The van der Waals surface area contributed by atoms with Gasteiger partial charge in [-0.3, -0.25) is 4.79 Å². The van der Waals surface area contributed by atoms with Crippen LogP contribution in [0.2, 0.25) is 0 Å². The fourth-order valence-electron chi connectivity index (χ4n) is 1.79. The van der Waals surface area contributed by atoms with Crippen molar-refractivity contribution in [2.24, 2.45) is 0 Å². The van der Waals surface area contributed by atoms with Crippen molar-refractivity contribution in [2.75, 3.05) is 5.32 Å². The average Bonchev–Trinajstić information content (AvgIpc) is 2.39. The molecule has 0 fully saturated rings. The van der Waals surface area contributed by atoms with Crippen LogP contribution in [0.15, 0.2) is 42.5 Å². The Labute approximate surface area is 130 Å². The molecule has 20 heavy (non-hydrogen) atoms. The summed E-state index contributed by atoms with van der Waals surface area (Å²) in [5, 5.41) is 11.7. The van der Waals surface area contributed by atoms with Crippen LogP contribution < -0.4 is 5.32 Å². The zero-order chi connectivity index (χ0) is 14.7. The van der Waals surface area contributed by atoms with E-state index in [2.05, 4.69) is 27.9 Å². The minimum absolute atomic E-state index is 0.219. The van der Waals surface area contributed by atoms with Crippen LogP contribution >= 0.6 is 22.6 Å². The number of carbonyl (C=O) groups excluding carboxylic acids is 1. The van der Waals surface area contributed by atoms with Gasteiger partial charge in [-0.25, -0.2) is 4.79 Å². The topological polar surface area (TPSA) is 66.4 Å². The molecule has 0 unspecified atom stereocenters. The summed E-state index contributed by atoms with van der Waals surface area (Å²) in [5.74, 6) is -1.19. The van der Waals surface area contributed by atoms with Gasteiger partial charge >= 0.3 is 5.97 Å². The van der Waals surface area contributed by atoms with Gasteiger partial charge < -0.3 is 10.4 Å². The number of carboxylic acids is 1. The molecule has 2 aromatic rings. The molecule has 0 saturated carbocycles. The Morgan fingerprint density at radius 2 is 1.75 bits per heavy atom. The Balaban J connectivity index is 2.18. The molecule has 2 aromatic carbocycles. The minimum atomic E-state index is -0.974. The predicted molar refractivity (Wildman–Crippen MR) is 85.3 cm³/mol. The lowest BCUT2D eigenvalue weighted by Crippen LogP contribution is -2.12. The molecule has 5 heteroatoms. The first-order chi connectivity index (χ1) is 9.47. The summed E-state index contributed by atoms with van der Waals surface area (Å²) in [6.07, 6.45) is 0. The summed E-state index contributed by atoms with van der Waals surface area (Å²) in [6.45, 7) is 1.70. The normalized spacial score (nSPS) is 10.1. The molecule has 0 aromatic heterocycles. The number of carboxylic acid groups (broad SMARTS) is 1. The first-order valence-corrected chi connectivity index (χ1v) is 6.96. The third-order valence-corrected chi connectivity index (χ3v) is 3.54. The lowest BCUT2D eigenvalue weighted by molar-refractivity contribution is 0.0696. The van der Waals surface area contributed by atoms with Gasteiger partial charge in [-0.2, -0.15) is 0 Å². The Hall–Kier alpha value is -1.89. The highest BCUT2D eigenvalue weighted by Crippen LogP contribution is 2.16. The van der Waals surface area contributed by atoms with Gasteiger partial charge in [0.1, 0.15) is 0 Å². The number of amides is 1. The third-order valence-electron chi connectivity index (χ3n) is 2.82.